The first kappa shape index (κ1) is 14.6. The lowest BCUT2D eigenvalue weighted by atomic mass is 9.99. The number of aldehydes is 1. The second-order valence-corrected chi connectivity index (χ2v) is 3.87. The average Bonchev–Trinajstić information content (AvgIpc) is 2.46. The number of carbonyl (C=O) groups is 2. The Morgan fingerprint density at radius 2 is 1.79 bits per heavy atom. The quantitative estimate of drug-likeness (QED) is 0.675. The Balaban J connectivity index is 0.000000312. The SMILES string of the molecule is C=CC(=O)O.CCc1ccc(C=O)c2ccccc12. The first-order valence-electron chi connectivity index (χ1n) is 5.95. The zero-order valence-corrected chi connectivity index (χ0v) is 10.8. The van der Waals surface area contributed by atoms with Crippen molar-refractivity contribution >= 4 is 23.0 Å². The Morgan fingerprint density at radius 1 is 1.21 bits per heavy atom. The van der Waals surface area contributed by atoms with Gasteiger partial charge in [0.1, 0.15) is 0 Å². The van der Waals surface area contributed by atoms with Gasteiger partial charge in [-0.1, -0.05) is 49.9 Å². The minimum atomic E-state index is -0.981. The van der Waals surface area contributed by atoms with Crippen LogP contribution in [0.3, 0.4) is 0 Å². The summed E-state index contributed by atoms with van der Waals surface area (Å²) in [7, 11) is 0. The number of hydrogen-bond acceptors (Lipinski definition) is 2. The lowest BCUT2D eigenvalue weighted by molar-refractivity contribution is -0.131. The summed E-state index contributed by atoms with van der Waals surface area (Å²) in [4.78, 5) is 20.1. The predicted octanol–water partition coefficient (Wildman–Crippen LogP) is 3.47. The van der Waals surface area contributed by atoms with Crippen molar-refractivity contribution < 1.29 is 14.7 Å². The second kappa shape index (κ2) is 7.11. The molecule has 0 aliphatic heterocycles. The minimum absolute atomic E-state index is 0.776. The molecule has 0 aliphatic rings. The van der Waals surface area contributed by atoms with Crippen LogP contribution in [-0.2, 0) is 11.2 Å². The lowest BCUT2D eigenvalue weighted by Gasteiger charge is -2.05. The van der Waals surface area contributed by atoms with Gasteiger partial charge in [-0.05, 0) is 22.8 Å². The normalized spacial score (nSPS) is 9.32. The summed E-state index contributed by atoms with van der Waals surface area (Å²) in [5, 5.41) is 9.86. The molecule has 3 nitrogen and oxygen atoms in total. The van der Waals surface area contributed by atoms with Crippen LogP contribution in [0.5, 0.6) is 0 Å². The topological polar surface area (TPSA) is 54.4 Å². The molecular weight excluding hydrogens is 240 g/mol. The highest BCUT2D eigenvalue weighted by molar-refractivity contribution is 5.99. The van der Waals surface area contributed by atoms with E-state index in [0.717, 1.165) is 29.7 Å². The molecule has 98 valence electrons. The van der Waals surface area contributed by atoms with Gasteiger partial charge in [0.2, 0.25) is 0 Å². The molecule has 3 heteroatoms. The number of carboxylic acid groups (broad SMARTS) is 1. The summed E-state index contributed by atoms with van der Waals surface area (Å²) in [6.45, 7) is 5.09. The summed E-state index contributed by atoms with van der Waals surface area (Å²) in [6.07, 6.45) is 2.75. The summed E-state index contributed by atoms with van der Waals surface area (Å²) < 4.78 is 0. The van der Waals surface area contributed by atoms with Crippen LogP contribution in [0.25, 0.3) is 10.8 Å². The number of carboxylic acids is 1. The first-order chi connectivity index (χ1) is 9.13. The molecule has 0 heterocycles. The Kier molecular flexibility index (Phi) is 5.48. The molecule has 0 saturated heterocycles. The van der Waals surface area contributed by atoms with E-state index in [2.05, 4.69) is 19.6 Å². The van der Waals surface area contributed by atoms with Crippen molar-refractivity contribution in [2.24, 2.45) is 0 Å². The van der Waals surface area contributed by atoms with Crippen molar-refractivity contribution in [3.63, 3.8) is 0 Å². The fraction of sp³-hybridized carbons (Fsp3) is 0.125. The molecule has 0 fully saturated rings. The zero-order valence-electron chi connectivity index (χ0n) is 10.8. The van der Waals surface area contributed by atoms with Gasteiger partial charge in [0.05, 0.1) is 0 Å². The molecule has 0 unspecified atom stereocenters. The third-order valence-electron chi connectivity index (χ3n) is 2.73. The van der Waals surface area contributed by atoms with Gasteiger partial charge in [-0.3, -0.25) is 4.79 Å². The van der Waals surface area contributed by atoms with Gasteiger partial charge < -0.3 is 5.11 Å². The van der Waals surface area contributed by atoms with Crippen LogP contribution in [-0.4, -0.2) is 17.4 Å². The maximum atomic E-state index is 10.8. The molecule has 2 aromatic rings. The highest BCUT2D eigenvalue weighted by Gasteiger charge is 2.02. The van der Waals surface area contributed by atoms with E-state index in [1.807, 2.05) is 30.3 Å². The van der Waals surface area contributed by atoms with E-state index in [1.165, 1.54) is 10.9 Å². The van der Waals surface area contributed by atoms with E-state index in [4.69, 9.17) is 5.11 Å². The molecule has 2 aromatic carbocycles. The molecule has 0 radical (unpaired) electrons. The number of hydrogen-bond donors (Lipinski definition) is 1. The Morgan fingerprint density at radius 3 is 2.26 bits per heavy atom. The number of benzene rings is 2. The van der Waals surface area contributed by atoms with E-state index in [0.29, 0.717) is 0 Å². The maximum absolute atomic E-state index is 10.8. The molecule has 19 heavy (non-hydrogen) atoms. The van der Waals surface area contributed by atoms with Gasteiger partial charge in [0, 0.05) is 11.6 Å². The lowest BCUT2D eigenvalue weighted by Crippen LogP contribution is -1.88. The van der Waals surface area contributed by atoms with E-state index < -0.39 is 5.97 Å². The molecule has 1 N–H and O–H groups in total. The molecule has 0 atom stereocenters. The van der Waals surface area contributed by atoms with E-state index in [9.17, 15) is 9.59 Å². The standard InChI is InChI=1S/C13H12O.C3H4O2/c1-2-10-7-8-11(9-14)13-6-4-3-5-12(10)13;1-2-3(4)5/h3-9H,2H2,1H3;2H,1H2,(H,4,5). The highest BCUT2D eigenvalue weighted by atomic mass is 16.4. The van der Waals surface area contributed by atoms with Crippen molar-refractivity contribution in [2.45, 2.75) is 13.3 Å². The first-order valence-corrected chi connectivity index (χ1v) is 5.95. The number of fused-ring (bicyclic) bond motifs is 1. The zero-order chi connectivity index (χ0) is 14.3. The van der Waals surface area contributed by atoms with Crippen molar-refractivity contribution in [2.75, 3.05) is 0 Å². The van der Waals surface area contributed by atoms with Crippen LogP contribution < -0.4 is 0 Å². The fourth-order valence-electron chi connectivity index (χ4n) is 1.80. The summed E-state index contributed by atoms with van der Waals surface area (Å²) in [5.74, 6) is -0.981. The van der Waals surface area contributed by atoms with Crippen molar-refractivity contribution in [3.8, 4) is 0 Å². The van der Waals surface area contributed by atoms with Crippen molar-refractivity contribution in [3.05, 3.63) is 60.2 Å². The van der Waals surface area contributed by atoms with Gasteiger partial charge in [0.15, 0.2) is 6.29 Å². The smallest absolute Gasteiger partial charge is 0.327 e. The molecule has 0 saturated carbocycles. The number of aryl methyl sites for hydroxylation is 1. The highest BCUT2D eigenvalue weighted by Crippen LogP contribution is 2.21. The molecule has 0 spiro atoms. The molecule has 0 bridgehead atoms. The van der Waals surface area contributed by atoms with Gasteiger partial charge >= 0.3 is 5.97 Å². The third kappa shape index (κ3) is 3.78. The maximum Gasteiger partial charge on any atom is 0.327 e. The van der Waals surface area contributed by atoms with Crippen LogP contribution in [0.2, 0.25) is 0 Å². The number of aliphatic carboxylic acids is 1. The van der Waals surface area contributed by atoms with Gasteiger partial charge in [-0.2, -0.15) is 0 Å². The van der Waals surface area contributed by atoms with Gasteiger partial charge in [0.25, 0.3) is 0 Å². The molecule has 0 aromatic heterocycles. The van der Waals surface area contributed by atoms with Gasteiger partial charge in [-0.15, -0.1) is 0 Å². The largest absolute Gasteiger partial charge is 0.478 e. The van der Waals surface area contributed by atoms with Crippen LogP contribution in [0.1, 0.15) is 22.8 Å². The van der Waals surface area contributed by atoms with Crippen molar-refractivity contribution in [1.29, 1.82) is 0 Å². The monoisotopic (exact) mass is 256 g/mol. The number of carbonyl (C=O) groups excluding carboxylic acids is 1. The average molecular weight is 256 g/mol. The molecular formula is C16H16O3. The number of rotatable bonds is 3. The predicted molar refractivity (Wildman–Crippen MR) is 76.5 cm³/mol. The van der Waals surface area contributed by atoms with E-state index >= 15 is 0 Å². The Hall–Kier alpha value is -2.42. The van der Waals surface area contributed by atoms with Crippen LogP contribution in [0.15, 0.2) is 49.1 Å². The van der Waals surface area contributed by atoms with Crippen LogP contribution >= 0.6 is 0 Å². The summed E-state index contributed by atoms with van der Waals surface area (Å²) in [5.41, 5.74) is 2.07. The van der Waals surface area contributed by atoms with E-state index in [1.54, 1.807) is 0 Å². The molecule has 0 aliphatic carbocycles. The van der Waals surface area contributed by atoms with Crippen LogP contribution in [0.4, 0.5) is 0 Å². The minimum Gasteiger partial charge on any atom is -0.478 e. The van der Waals surface area contributed by atoms with Crippen LogP contribution in [0, 0.1) is 0 Å². The second-order valence-electron chi connectivity index (χ2n) is 3.87. The molecule has 0 amide bonds. The summed E-state index contributed by atoms with van der Waals surface area (Å²) in [6, 6.07) is 12.0. The summed E-state index contributed by atoms with van der Waals surface area (Å²) >= 11 is 0. The van der Waals surface area contributed by atoms with Gasteiger partial charge in [-0.25, -0.2) is 4.79 Å². The third-order valence-corrected chi connectivity index (χ3v) is 2.73. The fourth-order valence-corrected chi connectivity index (χ4v) is 1.80. The Labute approximate surface area is 112 Å². The Bertz CT molecular complexity index is 600. The van der Waals surface area contributed by atoms with E-state index in [-0.39, 0.29) is 0 Å². The molecule has 2 rings (SSSR count). The van der Waals surface area contributed by atoms with Crippen molar-refractivity contribution in [1.82, 2.24) is 0 Å².